The third-order valence-electron chi connectivity index (χ3n) is 4.03. The Morgan fingerprint density at radius 2 is 1.72 bits per heavy atom. The van der Waals surface area contributed by atoms with Crippen molar-refractivity contribution in [3.05, 3.63) is 70.3 Å². The minimum atomic E-state index is -0.304. The van der Waals surface area contributed by atoms with Gasteiger partial charge < -0.3 is 9.84 Å². The number of carbonyl (C=O) groups is 2. The summed E-state index contributed by atoms with van der Waals surface area (Å²) in [6.07, 6.45) is 1.12. The van der Waals surface area contributed by atoms with Crippen LogP contribution in [0, 0.1) is 0 Å². The second-order valence-electron chi connectivity index (χ2n) is 5.87. The van der Waals surface area contributed by atoms with Crippen molar-refractivity contribution >= 4 is 28.9 Å². The van der Waals surface area contributed by atoms with Crippen molar-refractivity contribution in [3.8, 4) is 5.75 Å². The SMILES string of the molecule is O=C1CCCC(=O)C1=C(O)c1cccc(OCc2ccc(Cl)cc2)c1. The van der Waals surface area contributed by atoms with Crippen molar-refractivity contribution in [1.29, 1.82) is 0 Å². The lowest BCUT2D eigenvalue weighted by Gasteiger charge is -2.14. The lowest BCUT2D eigenvalue weighted by Crippen LogP contribution is -2.20. The van der Waals surface area contributed by atoms with E-state index < -0.39 is 0 Å². The number of aliphatic hydroxyl groups is 1. The van der Waals surface area contributed by atoms with Gasteiger partial charge in [0.2, 0.25) is 0 Å². The molecule has 0 amide bonds. The molecule has 0 heterocycles. The normalized spacial score (nSPS) is 14.5. The second kappa shape index (κ2) is 7.53. The van der Waals surface area contributed by atoms with E-state index in [1.165, 1.54) is 0 Å². The molecule has 3 rings (SSSR count). The first kappa shape index (κ1) is 17.2. The van der Waals surface area contributed by atoms with Gasteiger partial charge in [0.05, 0.1) is 0 Å². The molecule has 0 spiro atoms. The molecule has 0 atom stereocenters. The quantitative estimate of drug-likeness (QED) is 0.497. The molecule has 1 N–H and O–H groups in total. The van der Waals surface area contributed by atoms with Gasteiger partial charge >= 0.3 is 0 Å². The maximum atomic E-state index is 12.0. The van der Waals surface area contributed by atoms with Crippen LogP contribution in [-0.4, -0.2) is 16.7 Å². The molecule has 0 radical (unpaired) electrons. The maximum absolute atomic E-state index is 12.0. The number of Topliss-reactive ketones (excluding diaryl/α,β-unsaturated/α-hetero) is 2. The Morgan fingerprint density at radius 3 is 2.40 bits per heavy atom. The zero-order valence-corrected chi connectivity index (χ0v) is 14.3. The number of aliphatic hydroxyl groups excluding tert-OH is 1. The van der Waals surface area contributed by atoms with Gasteiger partial charge in [-0.3, -0.25) is 9.59 Å². The zero-order chi connectivity index (χ0) is 17.8. The molecule has 1 saturated carbocycles. The molecule has 128 valence electrons. The van der Waals surface area contributed by atoms with Crippen molar-refractivity contribution in [3.63, 3.8) is 0 Å². The maximum Gasteiger partial charge on any atom is 0.170 e. The average molecular weight is 357 g/mol. The van der Waals surface area contributed by atoms with Crippen LogP contribution in [0.4, 0.5) is 0 Å². The van der Waals surface area contributed by atoms with Crippen molar-refractivity contribution < 1.29 is 19.4 Å². The number of ketones is 2. The molecule has 0 aliphatic heterocycles. The van der Waals surface area contributed by atoms with Gasteiger partial charge in [0, 0.05) is 23.4 Å². The van der Waals surface area contributed by atoms with Gasteiger partial charge in [-0.05, 0) is 36.2 Å². The number of hydrogen-bond donors (Lipinski definition) is 1. The van der Waals surface area contributed by atoms with Crippen molar-refractivity contribution in [2.75, 3.05) is 0 Å². The molecule has 0 unspecified atom stereocenters. The molecule has 0 bridgehead atoms. The number of benzene rings is 2. The van der Waals surface area contributed by atoms with Crippen molar-refractivity contribution in [2.45, 2.75) is 25.9 Å². The van der Waals surface area contributed by atoms with E-state index in [4.69, 9.17) is 16.3 Å². The summed E-state index contributed by atoms with van der Waals surface area (Å²) in [5, 5.41) is 11.1. The highest BCUT2D eigenvalue weighted by Gasteiger charge is 2.27. The van der Waals surface area contributed by atoms with Crippen molar-refractivity contribution in [2.24, 2.45) is 0 Å². The molecule has 25 heavy (non-hydrogen) atoms. The molecule has 1 aliphatic carbocycles. The monoisotopic (exact) mass is 356 g/mol. The molecule has 2 aromatic carbocycles. The van der Waals surface area contributed by atoms with Crippen LogP contribution < -0.4 is 4.74 Å². The smallest absolute Gasteiger partial charge is 0.170 e. The lowest BCUT2D eigenvalue weighted by molar-refractivity contribution is -0.123. The fourth-order valence-electron chi connectivity index (χ4n) is 2.70. The van der Waals surface area contributed by atoms with Crippen LogP contribution in [0.5, 0.6) is 5.75 Å². The van der Waals surface area contributed by atoms with E-state index in [1.54, 1.807) is 36.4 Å². The molecule has 1 aliphatic rings. The fourth-order valence-corrected chi connectivity index (χ4v) is 2.83. The van der Waals surface area contributed by atoms with Crippen LogP contribution in [0.25, 0.3) is 5.76 Å². The Kier molecular flexibility index (Phi) is 5.19. The first-order valence-corrected chi connectivity index (χ1v) is 8.39. The van der Waals surface area contributed by atoms with Gasteiger partial charge in [-0.1, -0.05) is 35.9 Å². The Bertz CT molecular complexity index is 819. The van der Waals surface area contributed by atoms with E-state index in [0.717, 1.165) is 5.56 Å². The highest BCUT2D eigenvalue weighted by molar-refractivity contribution is 6.30. The summed E-state index contributed by atoms with van der Waals surface area (Å²) < 4.78 is 5.72. The Balaban J connectivity index is 1.80. The van der Waals surface area contributed by atoms with E-state index in [1.807, 2.05) is 12.1 Å². The van der Waals surface area contributed by atoms with Crippen molar-refractivity contribution in [1.82, 2.24) is 0 Å². The first-order valence-electron chi connectivity index (χ1n) is 8.02. The third kappa shape index (κ3) is 4.09. The largest absolute Gasteiger partial charge is 0.506 e. The van der Waals surface area contributed by atoms with Crippen LogP contribution in [0.2, 0.25) is 5.02 Å². The third-order valence-corrected chi connectivity index (χ3v) is 4.28. The number of carbonyl (C=O) groups excluding carboxylic acids is 2. The summed E-state index contributed by atoms with van der Waals surface area (Å²) in [7, 11) is 0. The molecule has 1 fully saturated rings. The fraction of sp³-hybridized carbons (Fsp3) is 0.200. The first-order chi connectivity index (χ1) is 12.0. The predicted molar refractivity (Wildman–Crippen MR) is 95.6 cm³/mol. The molecule has 4 nitrogen and oxygen atoms in total. The number of allylic oxidation sites excluding steroid dienone is 1. The van der Waals surface area contributed by atoms with Crippen LogP contribution in [0.15, 0.2) is 54.1 Å². The summed E-state index contributed by atoms with van der Waals surface area (Å²) >= 11 is 5.85. The van der Waals surface area contributed by atoms with E-state index in [9.17, 15) is 14.7 Å². The Labute approximate surface area is 150 Å². The number of ether oxygens (including phenoxy) is 1. The Hall–Kier alpha value is -2.59. The Morgan fingerprint density at radius 1 is 1.04 bits per heavy atom. The number of rotatable bonds is 4. The summed E-state index contributed by atoms with van der Waals surface area (Å²) in [6, 6.07) is 14.0. The van der Waals surface area contributed by atoms with Crippen LogP contribution in [0.3, 0.4) is 0 Å². The van der Waals surface area contributed by atoms with E-state index in [2.05, 4.69) is 0 Å². The summed E-state index contributed by atoms with van der Waals surface area (Å²) in [5.74, 6) is -0.343. The molecule has 2 aromatic rings. The summed E-state index contributed by atoms with van der Waals surface area (Å²) in [4.78, 5) is 23.9. The molecule has 0 aromatic heterocycles. The van der Waals surface area contributed by atoms with Crippen LogP contribution >= 0.6 is 11.6 Å². The summed E-state index contributed by atoms with van der Waals surface area (Å²) in [5.41, 5.74) is 1.25. The number of halogens is 1. The van der Waals surface area contributed by atoms with Gasteiger partial charge in [0.1, 0.15) is 23.7 Å². The average Bonchev–Trinajstić information content (AvgIpc) is 2.61. The predicted octanol–water partition coefficient (Wildman–Crippen LogP) is 4.51. The molecule has 5 heteroatoms. The minimum Gasteiger partial charge on any atom is -0.506 e. The van der Waals surface area contributed by atoms with Gasteiger partial charge in [-0.15, -0.1) is 0 Å². The lowest BCUT2D eigenvalue weighted by atomic mass is 9.90. The standard InChI is InChI=1S/C20H17ClO4/c21-15-9-7-13(8-10-15)12-25-16-4-1-3-14(11-16)20(24)19-17(22)5-2-6-18(19)23/h1,3-4,7-11,24H,2,5-6,12H2. The summed E-state index contributed by atoms with van der Waals surface area (Å²) in [6.45, 7) is 0.343. The van der Waals surface area contributed by atoms with Crippen LogP contribution in [0.1, 0.15) is 30.4 Å². The molecular formula is C20H17ClO4. The van der Waals surface area contributed by atoms with E-state index in [-0.39, 0.29) is 35.7 Å². The number of hydrogen-bond acceptors (Lipinski definition) is 4. The van der Waals surface area contributed by atoms with E-state index in [0.29, 0.717) is 29.4 Å². The highest BCUT2D eigenvalue weighted by atomic mass is 35.5. The van der Waals surface area contributed by atoms with Crippen LogP contribution in [-0.2, 0) is 16.2 Å². The topological polar surface area (TPSA) is 63.6 Å². The van der Waals surface area contributed by atoms with Gasteiger partial charge in [-0.2, -0.15) is 0 Å². The van der Waals surface area contributed by atoms with Gasteiger partial charge in [0.15, 0.2) is 11.6 Å². The van der Waals surface area contributed by atoms with Gasteiger partial charge in [-0.25, -0.2) is 0 Å². The van der Waals surface area contributed by atoms with Gasteiger partial charge in [0.25, 0.3) is 0 Å². The zero-order valence-electron chi connectivity index (χ0n) is 13.5. The van der Waals surface area contributed by atoms with E-state index >= 15 is 0 Å². The molecular weight excluding hydrogens is 340 g/mol. The second-order valence-corrected chi connectivity index (χ2v) is 6.30. The molecule has 0 saturated heterocycles. The highest BCUT2D eigenvalue weighted by Crippen LogP contribution is 2.27. The minimum absolute atomic E-state index is 0.0962.